The Morgan fingerprint density at radius 3 is 2.57 bits per heavy atom. The second-order valence-electron chi connectivity index (χ2n) is 4.75. The molecule has 0 aliphatic rings. The number of para-hydroxylation sites is 1. The maximum Gasteiger partial charge on any atom is 0.252 e. The Kier molecular flexibility index (Phi) is 6.05. The van der Waals surface area contributed by atoms with Crippen LogP contribution >= 0.6 is 11.8 Å². The summed E-state index contributed by atoms with van der Waals surface area (Å²) in [6.07, 6.45) is 0. The molecule has 0 saturated heterocycles. The van der Waals surface area contributed by atoms with Gasteiger partial charge >= 0.3 is 0 Å². The molecule has 2 rings (SSSR count). The van der Waals surface area contributed by atoms with Crippen LogP contribution in [0.3, 0.4) is 0 Å². The molecular formula is C17H18N2O3S. The largest absolute Gasteiger partial charge is 0.496 e. The van der Waals surface area contributed by atoms with Crippen molar-refractivity contribution in [3.63, 3.8) is 0 Å². The minimum Gasteiger partial charge on any atom is -0.496 e. The third-order valence-electron chi connectivity index (χ3n) is 3.13. The molecule has 0 saturated carbocycles. The molecule has 0 aliphatic carbocycles. The highest BCUT2D eigenvalue weighted by molar-refractivity contribution is 8.00. The summed E-state index contributed by atoms with van der Waals surface area (Å²) in [5.74, 6) is 0.239. The predicted molar refractivity (Wildman–Crippen MR) is 90.5 cm³/mol. The SMILES string of the molecule is COc1ccccc1CNC(=O)c1ccccc1SCC(N)=O. The first-order valence-corrected chi connectivity index (χ1v) is 8.00. The van der Waals surface area contributed by atoms with Crippen molar-refractivity contribution in [3.05, 3.63) is 59.7 Å². The molecule has 3 N–H and O–H groups in total. The molecule has 23 heavy (non-hydrogen) atoms. The van der Waals surface area contributed by atoms with Crippen molar-refractivity contribution >= 4 is 23.6 Å². The summed E-state index contributed by atoms with van der Waals surface area (Å²) in [6, 6.07) is 14.6. The van der Waals surface area contributed by atoms with Crippen LogP contribution in [-0.2, 0) is 11.3 Å². The Labute approximate surface area is 139 Å². The number of rotatable bonds is 7. The van der Waals surface area contributed by atoms with Crippen molar-refractivity contribution < 1.29 is 14.3 Å². The lowest BCUT2D eigenvalue weighted by Gasteiger charge is -2.11. The van der Waals surface area contributed by atoms with Crippen LogP contribution in [0.15, 0.2) is 53.4 Å². The van der Waals surface area contributed by atoms with Gasteiger partial charge in [-0.2, -0.15) is 0 Å². The monoisotopic (exact) mass is 330 g/mol. The van der Waals surface area contributed by atoms with Crippen LogP contribution in [0.2, 0.25) is 0 Å². The van der Waals surface area contributed by atoms with Crippen LogP contribution < -0.4 is 15.8 Å². The van der Waals surface area contributed by atoms with Gasteiger partial charge in [0.15, 0.2) is 0 Å². The Balaban J connectivity index is 2.07. The van der Waals surface area contributed by atoms with Gasteiger partial charge in [-0.15, -0.1) is 11.8 Å². The van der Waals surface area contributed by atoms with E-state index in [4.69, 9.17) is 10.5 Å². The van der Waals surface area contributed by atoms with Crippen molar-refractivity contribution in [1.29, 1.82) is 0 Å². The predicted octanol–water partition coefficient (Wildman–Crippen LogP) is 2.20. The fourth-order valence-corrected chi connectivity index (χ4v) is 2.84. The minimum atomic E-state index is -0.417. The van der Waals surface area contributed by atoms with E-state index in [2.05, 4.69) is 5.32 Å². The lowest BCUT2D eigenvalue weighted by atomic mass is 10.1. The molecule has 0 aromatic heterocycles. The fourth-order valence-electron chi connectivity index (χ4n) is 2.05. The molecule has 0 heterocycles. The molecule has 0 bridgehead atoms. The van der Waals surface area contributed by atoms with Crippen LogP contribution in [0.4, 0.5) is 0 Å². The summed E-state index contributed by atoms with van der Waals surface area (Å²) >= 11 is 1.25. The van der Waals surface area contributed by atoms with Gasteiger partial charge in [-0.25, -0.2) is 0 Å². The van der Waals surface area contributed by atoms with Crippen molar-refractivity contribution in [2.24, 2.45) is 5.73 Å². The van der Waals surface area contributed by atoms with E-state index in [0.29, 0.717) is 12.1 Å². The molecule has 2 aromatic rings. The molecule has 0 aliphatic heterocycles. The molecule has 0 spiro atoms. The molecule has 0 unspecified atom stereocenters. The number of amides is 2. The highest BCUT2D eigenvalue weighted by Crippen LogP contribution is 2.23. The summed E-state index contributed by atoms with van der Waals surface area (Å²) in [5, 5.41) is 2.87. The topological polar surface area (TPSA) is 81.4 Å². The third kappa shape index (κ3) is 4.75. The first kappa shape index (κ1) is 16.9. The molecule has 2 amide bonds. The zero-order valence-corrected chi connectivity index (χ0v) is 13.6. The average molecular weight is 330 g/mol. The van der Waals surface area contributed by atoms with Gasteiger partial charge in [-0.1, -0.05) is 30.3 Å². The number of carbonyl (C=O) groups is 2. The standard InChI is InChI=1S/C17H18N2O3S/c1-22-14-8-4-2-6-12(14)10-19-17(21)13-7-3-5-9-15(13)23-11-16(18)20/h2-9H,10-11H2,1H3,(H2,18,20)(H,19,21). The maximum absolute atomic E-state index is 12.4. The molecule has 0 radical (unpaired) electrons. The van der Waals surface area contributed by atoms with Gasteiger partial charge in [0.1, 0.15) is 5.75 Å². The molecule has 0 fully saturated rings. The normalized spacial score (nSPS) is 10.1. The average Bonchev–Trinajstić information content (AvgIpc) is 2.58. The number of nitrogens with one attached hydrogen (secondary N) is 1. The van der Waals surface area contributed by atoms with Gasteiger partial charge < -0.3 is 15.8 Å². The summed E-state index contributed by atoms with van der Waals surface area (Å²) in [5.41, 5.74) is 6.57. The maximum atomic E-state index is 12.4. The summed E-state index contributed by atoms with van der Waals surface area (Å²) in [7, 11) is 1.59. The Bertz CT molecular complexity index is 704. The lowest BCUT2D eigenvalue weighted by molar-refractivity contribution is -0.115. The first-order chi connectivity index (χ1) is 11.1. The van der Waals surface area contributed by atoms with Gasteiger partial charge in [0.25, 0.3) is 5.91 Å². The first-order valence-electron chi connectivity index (χ1n) is 7.02. The number of primary amides is 1. The van der Waals surface area contributed by atoms with Gasteiger partial charge in [-0.05, 0) is 18.2 Å². The second kappa shape index (κ2) is 8.24. The Morgan fingerprint density at radius 2 is 1.83 bits per heavy atom. The summed E-state index contributed by atoms with van der Waals surface area (Å²) in [4.78, 5) is 24.0. The number of benzene rings is 2. The number of nitrogens with two attached hydrogens (primary N) is 1. The highest BCUT2D eigenvalue weighted by atomic mass is 32.2. The van der Waals surface area contributed by atoms with Crippen molar-refractivity contribution in [1.82, 2.24) is 5.32 Å². The van der Waals surface area contributed by atoms with Crippen LogP contribution in [0.25, 0.3) is 0 Å². The zero-order valence-electron chi connectivity index (χ0n) is 12.7. The number of methoxy groups -OCH3 is 1. The molecule has 2 aromatic carbocycles. The highest BCUT2D eigenvalue weighted by Gasteiger charge is 2.12. The van der Waals surface area contributed by atoms with Gasteiger partial charge in [0, 0.05) is 17.0 Å². The fraction of sp³-hybridized carbons (Fsp3) is 0.176. The Morgan fingerprint density at radius 1 is 1.13 bits per heavy atom. The molecule has 6 heteroatoms. The smallest absolute Gasteiger partial charge is 0.252 e. The van der Waals surface area contributed by atoms with E-state index in [9.17, 15) is 9.59 Å². The van der Waals surface area contributed by atoms with E-state index < -0.39 is 5.91 Å². The van der Waals surface area contributed by atoms with Gasteiger partial charge in [0.2, 0.25) is 5.91 Å². The van der Waals surface area contributed by atoms with E-state index in [0.717, 1.165) is 16.2 Å². The third-order valence-corrected chi connectivity index (χ3v) is 4.23. The quantitative estimate of drug-likeness (QED) is 0.763. The van der Waals surface area contributed by atoms with E-state index >= 15 is 0 Å². The molecule has 5 nitrogen and oxygen atoms in total. The summed E-state index contributed by atoms with van der Waals surface area (Å²) in [6.45, 7) is 0.359. The van der Waals surface area contributed by atoms with Gasteiger partial charge in [-0.3, -0.25) is 9.59 Å². The molecule has 0 atom stereocenters. The lowest BCUT2D eigenvalue weighted by Crippen LogP contribution is -2.24. The van der Waals surface area contributed by atoms with Crippen LogP contribution in [0.1, 0.15) is 15.9 Å². The number of hydrogen-bond acceptors (Lipinski definition) is 4. The molecular weight excluding hydrogens is 312 g/mol. The van der Waals surface area contributed by atoms with E-state index in [1.165, 1.54) is 11.8 Å². The van der Waals surface area contributed by atoms with Crippen molar-refractivity contribution in [2.45, 2.75) is 11.4 Å². The van der Waals surface area contributed by atoms with E-state index in [1.54, 1.807) is 25.3 Å². The Hall–Kier alpha value is -2.47. The van der Waals surface area contributed by atoms with Crippen LogP contribution in [0.5, 0.6) is 5.75 Å². The zero-order chi connectivity index (χ0) is 16.7. The number of thioether (sulfide) groups is 1. The number of carbonyl (C=O) groups excluding carboxylic acids is 2. The van der Waals surface area contributed by atoms with E-state index in [-0.39, 0.29) is 11.7 Å². The second-order valence-corrected chi connectivity index (χ2v) is 5.76. The molecule has 120 valence electrons. The van der Waals surface area contributed by atoms with Crippen molar-refractivity contribution in [2.75, 3.05) is 12.9 Å². The number of hydrogen-bond donors (Lipinski definition) is 2. The van der Waals surface area contributed by atoms with Crippen LogP contribution in [0, 0.1) is 0 Å². The summed E-state index contributed by atoms with van der Waals surface area (Å²) < 4.78 is 5.27. The van der Waals surface area contributed by atoms with Gasteiger partial charge in [0.05, 0.1) is 18.4 Å². The van der Waals surface area contributed by atoms with E-state index in [1.807, 2.05) is 30.3 Å². The minimum absolute atomic E-state index is 0.136. The number of ether oxygens (including phenoxy) is 1. The van der Waals surface area contributed by atoms with Crippen molar-refractivity contribution in [3.8, 4) is 5.75 Å². The van der Waals surface area contributed by atoms with Crippen LogP contribution in [-0.4, -0.2) is 24.7 Å².